The van der Waals surface area contributed by atoms with Crippen molar-refractivity contribution in [3.63, 3.8) is 0 Å². The summed E-state index contributed by atoms with van der Waals surface area (Å²) >= 11 is 0. The molecule has 1 aliphatic carbocycles. The van der Waals surface area contributed by atoms with Crippen LogP contribution in [0.3, 0.4) is 0 Å². The second-order valence-corrected chi connectivity index (χ2v) is 5.38. The lowest BCUT2D eigenvalue weighted by atomic mass is 10.1. The van der Waals surface area contributed by atoms with Crippen LogP contribution in [0, 0.1) is 5.92 Å². The van der Waals surface area contributed by atoms with Crippen molar-refractivity contribution >= 4 is 11.6 Å². The Hall–Kier alpha value is -1.58. The topological polar surface area (TPSA) is 59.2 Å². The van der Waals surface area contributed by atoms with Gasteiger partial charge in [0.05, 0.1) is 17.4 Å². The Morgan fingerprint density at radius 3 is 2.83 bits per heavy atom. The van der Waals surface area contributed by atoms with Crippen LogP contribution in [0.25, 0.3) is 0 Å². The minimum Gasteiger partial charge on any atom is -0.397 e. The molecule has 1 aromatic heterocycles. The summed E-state index contributed by atoms with van der Waals surface area (Å²) in [5, 5.41) is 0. The largest absolute Gasteiger partial charge is 0.397 e. The molecule has 1 heterocycles. The van der Waals surface area contributed by atoms with E-state index in [9.17, 15) is 4.79 Å². The number of pyridine rings is 1. The third-order valence-corrected chi connectivity index (χ3v) is 3.28. The van der Waals surface area contributed by atoms with Crippen molar-refractivity contribution in [2.24, 2.45) is 5.92 Å². The number of carbonyl (C=O) groups excluding carboxylic acids is 1. The standard InChI is InChI=1S/C14H21N3O/c1-10(2)6-8-17(11-3-4-11)14(18)12-5-7-16-9-13(12)15/h5,7,9-11H,3-4,6,8,15H2,1-2H3. The Bertz CT molecular complexity index is 427. The summed E-state index contributed by atoms with van der Waals surface area (Å²) in [4.78, 5) is 18.4. The van der Waals surface area contributed by atoms with Crippen LogP contribution in [0.2, 0.25) is 0 Å². The molecule has 18 heavy (non-hydrogen) atoms. The average molecular weight is 247 g/mol. The van der Waals surface area contributed by atoms with Gasteiger partial charge in [0.1, 0.15) is 0 Å². The molecule has 0 aliphatic heterocycles. The van der Waals surface area contributed by atoms with E-state index in [0.717, 1.165) is 25.8 Å². The van der Waals surface area contributed by atoms with Crippen molar-refractivity contribution < 1.29 is 4.79 Å². The second-order valence-electron chi connectivity index (χ2n) is 5.38. The number of nitrogens with two attached hydrogens (primary N) is 1. The van der Waals surface area contributed by atoms with Crippen molar-refractivity contribution in [3.05, 3.63) is 24.0 Å². The van der Waals surface area contributed by atoms with Gasteiger partial charge in [0, 0.05) is 18.8 Å². The van der Waals surface area contributed by atoms with Gasteiger partial charge in [-0.25, -0.2) is 0 Å². The zero-order valence-corrected chi connectivity index (χ0v) is 11.1. The average Bonchev–Trinajstić information content (AvgIpc) is 3.13. The number of carbonyl (C=O) groups is 1. The summed E-state index contributed by atoms with van der Waals surface area (Å²) in [5.74, 6) is 0.659. The molecular formula is C14H21N3O. The number of aromatic nitrogens is 1. The molecule has 0 bridgehead atoms. The monoisotopic (exact) mass is 247 g/mol. The molecule has 0 spiro atoms. The summed E-state index contributed by atoms with van der Waals surface area (Å²) in [6.07, 6.45) is 6.44. The van der Waals surface area contributed by atoms with E-state index in [-0.39, 0.29) is 5.91 Å². The first-order chi connectivity index (χ1) is 8.59. The summed E-state index contributed by atoms with van der Waals surface area (Å²) < 4.78 is 0. The molecule has 4 nitrogen and oxygen atoms in total. The summed E-state index contributed by atoms with van der Waals surface area (Å²) in [5.41, 5.74) is 6.88. The first kappa shape index (κ1) is 12.9. The number of amides is 1. The number of anilines is 1. The normalized spacial score (nSPS) is 14.8. The first-order valence-electron chi connectivity index (χ1n) is 6.60. The molecule has 0 atom stereocenters. The van der Waals surface area contributed by atoms with Gasteiger partial charge in [0.15, 0.2) is 0 Å². The van der Waals surface area contributed by atoms with Crippen LogP contribution in [0.1, 0.15) is 43.5 Å². The Labute approximate surface area is 108 Å². The molecule has 0 aromatic carbocycles. The Morgan fingerprint density at radius 2 is 2.28 bits per heavy atom. The quantitative estimate of drug-likeness (QED) is 0.868. The molecule has 2 rings (SSSR count). The lowest BCUT2D eigenvalue weighted by Gasteiger charge is -2.24. The van der Waals surface area contributed by atoms with Crippen LogP contribution in [-0.2, 0) is 0 Å². The fraction of sp³-hybridized carbons (Fsp3) is 0.571. The van der Waals surface area contributed by atoms with Gasteiger partial charge in [-0.1, -0.05) is 13.8 Å². The molecule has 1 saturated carbocycles. The molecule has 98 valence electrons. The van der Waals surface area contributed by atoms with Crippen molar-refractivity contribution in [2.75, 3.05) is 12.3 Å². The summed E-state index contributed by atoms with van der Waals surface area (Å²) in [7, 11) is 0. The number of hydrogen-bond donors (Lipinski definition) is 1. The third kappa shape index (κ3) is 3.00. The van der Waals surface area contributed by atoms with Gasteiger partial charge in [-0.15, -0.1) is 0 Å². The molecule has 1 aromatic rings. The van der Waals surface area contributed by atoms with Crippen LogP contribution >= 0.6 is 0 Å². The second kappa shape index (κ2) is 5.38. The van der Waals surface area contributed by atoms with Gasteiger partial charge in [-0.2, -0.15) is 0 Å². The predicted molar refractivity (Wildman–Crippen MR) is 72.2 cm³/mol. The predicted octanol–water partition coefficient (Wildman–Crippen LogP) is 2.31. The van der Waals surface area contributed by atoms with Crippen LogP contribution in [0.15, 0.2) is 18.5 Å². The lowest BCUT2D eigenvalue weighted by Crippen LogP contribution is -2.35. The van der Waals surface area contributed by atoms with Gasteiger partial charge in [-0.05, 0) is 31.2 Å². The van der Waals surface area contributed by atoms with Gasteiger partial charge < -0.3 is 10.6 Å². The Morgan fingerprint density at radius 1 is 1.56 bits per heavy atom. The van der Waals surface area contributed by atoms with E-state index in [1.807, 2.05) is 4.90 Å². The van der Waals surface area contributed by atoms with Crippen LogP contribution in [0.4, 0.5) is 5.69 Å². The highest BCUT2D eigenvalue weighted by atomic mass is 16.2. The van der Waals surface area contributed by atoms with E-state index in [1.165, 1.54) is 0 Å². The third-order valence-electron chi connectivity index (χ3n) is 3.28. The minimum atomic E-state index is 0.0538. The zero-order valence-electron chi connectivity index (χ0n) is 11.1. The van der Waals surface area contributed by atoms with Crippen molar-refractivity contribution in [2.45, 2.75) is 39.2 Å². The highest BCUT2D eigenvalue weighted by Gasteiger charge is 2.33. The smallest absolute Gasteiger partial charge is 0.256 e. The first-order valence-corrected chi connectivity index (χ1v) is 6.60. The van der Waals surface area contributed by atoms with E-state index in [2.05, 4.69) is 18.8 Å². The number of nitrogen functional groups attached to an aromatic ring is 1. The van der Waals surface area contributed by atoms with Gasteiger partial charge in [-0.3, -0.25) is 9.78 Å². The molecular weight excluding hydrogens is 226 g/mol. The molecule has 4 heteroatoms. The highest BCUT2D eigenvalue weighted by molar-refractivity contribution is 5.99. The SMILES string of the molecule is CC(C)CCN(C(=O)c1ccncc1N)C1CC1. The van der Waals surface area contributed by atoms with Gasteiger partial charge in [0.25, 0.3) is 5.91 Å². The molecule has 0 unspecified atom stereocenters. The number of rotatable bonds is 5. The van der Waals surface area contributed by atoms with Crippen molar-refractivity contribution in [1.82, 2.24) is 9.88 Å². The van der Waals surface area contributed by atoms with E-state index < -0.39 is 0 Å². The fourth-order valence-electron chi connectivity index (χ4n) is 1.99. The lowest BCUT2D eigenvalue weighted by molar-refractivity contribution is 0.0736. The molecule has 2 N–H and O–H groups in total. The van der Waals surface area contributed by atoms with Crippen molar-refractivity contribution in [3.8, 4) is 0 Å². The van der Waals surface area contributed by atoms with Crippen LogP contribution in [-0.4, -0.2) is 28.4 Å². The van der Waals surface area contributed by atoms with E-state index in [4.69, 9.17) is 5.73 Å². The molecule has 1 amide bonds. The minimum absolute atomic E-state index is 0.0538. The molecule has 0 radical (unpaired) electrons. The van der Waals surface area contributed by atoms with Crippen LogP contribution in [0.5, 0.6) is 0 Å². The highest BCUT2D eigenvalue weighted by Crippen LogP contribution is 2.29. The van der Waals surface area contributed by atoms with E-state index in [0.29, 0.717) is 23.2 Å². The van der Waals surface area contributed by atoms with Crippen LogP contribution < -0.4 is 5.73 Å². The van der Waals surface area contributed by atoms with E-state index in [1.54, 1.807) is 18.5 Å². The summed E-state index contributed by atoms with van der Waals surface area (Å²) in [6, 6.07) is 2.13. The molecule has 1 aliphatic rings. The number of hydrogen-bond acceptors (Lipinski definition) is 3. The maximum atomic E-state index is 12.5. The maximum Gasteiger partial charge on any atom is 0.256 e. The fourth-order valence-corrected chi connectivity index (χ4v) is 1.99. The van der Waals surface area contributed by atoms with Crippen molar-refractivity contribution in [1.29, 1.82) is 0 Å². The van der Waals surface area contributed by atoms with E-state index >= 15 is 0 Å². The Balaban J connectivity index is 2.11. The number of nitrogens with zero attached hydrogens (tertiary/aromatic N) is 2. The van der Waals surface area contributed by atoms with Gasteiger partial charge in [0.2, 0.25) is 0 Å². The zero-order chi connectivity index (χ0) is 13.1. The Kier molecular flexibility index (Phi) is 3.84. The molecule has 1 fully saturated rings. The maximum absolute atomic E-state index is 12.5. The van der Waals surface area contributed by atoms with Gasteiger partial charge >= 0.3 is 0 Å². The molecule has 0 saturated heterocycles. The summed E-state index contributed by atoms with van der Waals surface area (Å²) in [6.45, 7) is 5.18.